The van der Waals surface area contributed by atoms with E-state index >= 15 is 0 Å². The highest BCUT2D eigenvalue weighted by Crippen LogP contribution is 2.20. The monoisotopic (exact) mass is 365 g/mol. The van der Waals surface area contributed by atoms with Crippen LogP contribution in [0.4, 0.5) is 0 Å². The van der Waals surface area contributed by atoms with Crippen LogP contribution < -0.4 is 10.2 Å². The Balaban J connectivity index is 1.84. The summed E-state index contributed by atoms with van der Waals surface area (Å²) >= 11 is 12.0. The van der Waals surface area contributed by atoms with E-state index in [2.05, 4.69) is 5.32 Å². The van der Waals surface area contributed by atoms with Crippen LogP contribution in [-0.4, -0.2) is 45.5 Å². The zero-order chi connectivity index (χ0) is 16.3. The predicted molar refractivity (Wildman–Crippen MR) is 87.1 cm³/mol. The number of sulfone groups is 1. The summed E-state index contributed by atoms with van der Waals surface area (Å²) < 4.78 is 22.7. The second kappa shape index (κ2) is 7.17. The summed E-state index contributed by atoms with van der Waals surface area (Å²) in [5.41, 5.74) is 0.916. The first-order valence-corrected chi connectivity index (χ1v) is 9.58. The van der Waals surface area contributed by atoms with Gasteiger partial charge in [0, 0.05) is 16.6 Å². The maximum atomic E-state index is 12.0. The second-order valence-corrected chi connectivity index (χ2v) is 8.79. The van der Waals surface area contributed by atoms with Crippen molar-refractivity contribution in [1.82, 2.24) is 5.32 Å². The fourth-order valence-electron chi connectivity index (χ4n) is 2.51. The molecule has 1 amide bonds. The van der Waals surface area contributed by atoms with Crippen LogP contribution in [0.1, 0.15) is 12.0 Å². The molecule has 122 valence electrons. The van der Waals surface area contributed by atoms with E-state index in [-0.39, 0.29) is 30.0 Å². The van der Waals surface area contributed by atoms with Crippen LogP contribution in [0.15, 0.2) is 18.2 Å². The largest absolute Gasteiger partial charge is 0.347 e. The van der Waals surface area contributed by atoms with Crippen LogP contribution in [-0.2, 0) is 21.2 Å². The zero-order valence-corrected chi connectivity index (χ0v) is 14.6. The van der Waals surface area contributed by atoms with E-state index in [9.17, 15) is 13.2 Å². The van der Waals surface area contributed by atoms with E-state index in [0.29, 0.717) is 23.0 Å². The van der Waals surface area contributed by atoms with Crippen molar-refractivity contribution in [2.75, 3.05) is 25.1 Å². The Morgan fingerprint density at radius 2 is 2.14 bits per heavy atom. The first kappa shape index (κ1) is 17.5. The summed E-state index contributed by atoms with van der Waals surface area (Å²) in [7, 11) is -1.09. The summed E-state index contributed by atoms with van der Waals surface area (Å²) in [5, 5.41) is 3.94. The van der Waals surface area contributed by atoms with Crippen molar-refractivity contribution < 1.29 is 18.1 Å². The van der Waals surface area contributed by atoms with Crippen molar-refractivity contribution in [3.8, 4) is 0 Å². The Labute approximate surface area is 140 Å². The minimum atomic E-state index is -2.98. The van der Waals surface area contributed by atoms with Gasteiger partial charge in [0.25, 0.3) is 5.91 Å². The summed E-state index contributed by atoms with van der Waals surface area (Å²) in [6, 6.07) is 5.02. The molecular formula is C14H19Cl2N2O3S+. The number of rotatable bonds is 5. The quantitative estimate of drug-likeness (QED) is 0.788. The van der Waals surface area contributed by atoms with E-state index in [1.54, 1.807) is 12.1 Å². The third-order valence-electron chi connectivity index (χ3n) is 3.57. The van der Waals surface area contributed by atoms with Crippen molar-refractivity contribution in [3.63, 3.8) is 0 Å². The van der Waals surface area contributed by atoms with Gasteiger partial charge in [-0.3, -0.25) is 4.79 Å². The number of carbonyl (C=O) groups is 1. The lowest BCUT2D eigenvalue weighted by molar-refractivity contribution is -0.885. The zero-order valence-electron chi connectivity index (χ0n) is 12.2. The van der Waals surface area contributed by atoms with Gasteiger partial charge in [0.05, 0.1) is 23.6 Å². The molecule has 1 aromatic rings. The van der Waals surface area contributed by atoms with E-state index in [1.165, 1.54) is 0 Å². The molecule has 0 aromatic heterocycles. The molecule has 0 bridgehead atoms. The molecule has 1 heterocycles. The molecule has 1 fully saturated rings. The molecule has 1 aromatic carbocycles. The fraction of sp³-hybridized carbons (Fsp3) is 0.500. The van der Waals surface area contributed by atoms with Crippen LogP contribution in [0, 0.1) is 0 Å². The van der Waals surface area contributed by atoms with Crippen LogP contribution in [0.2, 0.25) is 10.0 Å². The molecule has 2 N–H and O–H groups in total. The molecule has 1 unspecified atom stereocenters. The lowest BCUT2D eigenvalue weighted by Gasteiger charge is -2.16. The number of quaternary nitrogens is 1. The topological polar surface area (TPSA) is 67.7 Å². The Hall–Kier alpha value is -0.820. The van der Waals surface area contributed by atoms with Crippen LogP contribution in [0.25, 0.3) is 0 Å². The van der Waals surface area contributed by atoms with Crippen molar-refractivity contribution in [3.05, 3.63) is 33.8 Å². The van der Waals surface area contributed by atoms with Gasteiger partial charge < -0.3 is 10.2 Å². The number of hydrogen-bond donors (Lipinski definition) is 2. The smallest absolute Gasteiger partial charge is 0.275 e. The van der Waals surface area contributed by atoms with Gasteiger partial charge in [-0.05, 0) is 18.6 Å². The Morgan fingerprint density at radius 3 is 2.73 bits per heavy atom. The highest BCUT2D eigenvalue weighted by Gasteiger charge is 2.29. The SMILES string of the molecule is C[NH+](CC(=O)N[C@H]1CCS(=O)(=O)C1)Cc1ccc(Cl)cc1Cl. The minimum absolute atomic E-state index is 0.0425. The Kier molecular flexibility index (Phi) is 5.71. The maximum Gasteiger partial charge on any atom is 0.275 e. The fourth-order valence-corrected chi connectivity index (χ4v) is 4.66. The lowest BCUT2D eigenvalue weighted by atomic mass is 10.2. The highest BCUT2D eigenvalue weighted by atomic mass is 35.5. The molecule has 0 spiro atoms. The van der Waals surface area contributed by atoms with E-state index in [0.717, 1.165) is 10.5 Å². The number of hydrogen-bond acceptors (Lipinski definition) is 3. The van der Waals surface area contributed by atoms with E-state index in [4.69, 9.17) is 23.2 Å². The van der Waals surface area contributed by atoms with Gasteiger partial charge in [0.1, 0.15) is 6.54 Å². The van der Waals surface area contributed by atoms with Gasteiger partial charge in [-0.1, -0.05) is 29.3 Å². The molecule has 22 heavy (non-hydrogen) atoms. The van der Waals surface area contributed by atoms with Crippen LogP contribution >= 0.6 is 23.2 Å². The minimum Gasteiger partial charge on any atom is -0.347 e. The molecule has 2 atom stereocenters. The Morgan fingerprint density at radius 1 is 1.41 bits per heavy atom. The predicted octanol–water partition coefficient (Wildman–Crippen LogP) is 0.311. The summed E-state index contributed by atoms with van der Waals surface area (Å²) in [4.78, 5) is 12.9. The van der Waals surface area contributed by atoms with Crippen LogP contribution in [0.3, 0.4) is 0 Å². The van der Waals surface area contributed by atoms with Gasteiger partial charge in [-0.2, -0.15) is 0 Å². The average Bonchev–Trinajstić information content (AvgIpc) is 2.71. The molecular weight excluding hydrogens is 347 g/mol. The lowest BCUT2D eigenvalue weighted by Crippen LogP contribution is -3.09. The average molecular weight is 366 g/mol. The molecule has 0 aliphatic carbocycles. The third-order valence-corrected chi connectivity index (χ3v) is 5.92. The van der Waals surface area contributed by atoms with E-state index in [1.807, 2.05) is 13.1 Å². The molecule has 5 nitrogen and oxygen atoms in total. The summed E-state index contributed by atoms with van der Waals surface area (Å²) in [6.45, 7) is 0.849. The van der Waals surface area contributed by atoms with Crippen molar-refractivity contribution in [2.24, 2.45) is 0 Å². The van der Waals surface area contributed by atoms with Gasteiger partial charge in [-0.15, -0.1) is 0 Å². The number of halogens is 2. The number of likely N-dealkylation sites (N-methyl/N-ethyl adjacent to an activating group) is 1. The van der Waals surface area contributed by atoms with E-state index < -0.39 is 9.84 Å². The summed E-state index contributed by atoms with van der Waals surface area (Å²) in [5.74, 6) is 0.0478. The molecule has 1 saturated heterocycles. The summed E-state index contributed by atoms with van der Waals surface area (Å²) in [6.07, 6.45) is 0.496. The van der Waals surface area contributed by atoms with Crippen molar-refractivity contribution in [1.29, 1.82) is 0 Å². The van der Waals surface area contributed by atoms with Gasteiger partial charge >= 0.3 is 0 Å². The van der Waals surface area contributed by atoms with Crippen molar-refractivity contribution in [2.45, 2.75) is 19.0 Å². The molecule has 1 aliphatic rings. The standard InChI is InChI=1S/C14H18Cl2N2O3S/c1-18(7-10-2-3-11(15)6-13(10)16)8-14(19)17-12-4-5-22(20,21)9-12/h2-3,6,12H,4-5,7-9H2,1H3,(H,17,19)/p+1/t12-/m0/s1. The highest BCUT2D eigenvalue weighted by molar-refractivity contribution is 7.91. The molecule has 0 radical (unpaired) electrons. The number of nitrogens with one attached hydrogen (secondary N) is 2. The van der Waals surface area contributed by atoms with Gasteiger partial charge in [-0.25, -0.2) is 8.42 Å². The number of amides is 1. The maximum absolute atomic E-state index is 12.0. The Bertz CT molecular complexity index is 664. The first-order chi connectivity index (χ1) is 10.2. The van der Waals surface area contributed by atoms with Gasteiger partial charge in [0.2, 0.25) is 0 Å². The number of benzene rings is 1. The third kappa shape index (κ3) is 5.12. The van der Waals surface area contributed by atoms with Crippen molar-refractivity contribution >= 4 is 38.9 Å². The molecule has 2 rings (SSSR count). The molecule has 0 saturated carbocycles. The van der Waals surface area contributed by atoms with Crippen LogP contribution in [0.5, 0.6) is 0 Å². The normalized spacial score (nSPS) is 21.5. The molecule has 8 heteroatoms. The number of carbonyl (C=O) groups excluding carboxylic acids is 1. The first-order valence-electron chi connectivity index (χ1n) is 7.00. The van der Waals surface area contributed by atoms with Gasteiger partial charge in [0.15, 0.2) is 16.4 Å². The second-order valence-electron chi connectivity index (χ2n) is 5.71. The molecule has 1 aliphatic heterocycles.